The third-order valence-electron chi connectivity index (χ3n) is 4.53. The minimum Gasteiger partial charge on any atom is -0.477 e. The zero-order valence-corrected chi connectivity index (χ0v) is 15.2. The van der Waals surface area contributed by atoms with E-state index in [1.54, 1.807) is 6.07 Å². The van der Waals surface area contributed by atoms with E-state index in [0.717, 1.165) is 11.3 Å². The van der Waals surface area contributed by atoms with Gasteiger partial charge in [0.25, 0.3) is 0 Å². The van der Waals surface area contributed by atoms with Crippen molar-refractivity contribution < 1.29 is 24.9 Å². The number of ether oxygens (including phenoxy) is 1. The van der Waals surface area contributed by atoms with Crippen molar-refractivity contribution >= 4 is 34.4 Å². The molecule has 148 valence electrons. The molecule has 3 atom stereocenters. The Kier molecular flexibility index (Phi) is 4.63. The minimum absolute atomic E-state index is 0.0473. The lowest BCUT2D eigenvalue weighted by Gasteiger charge is -2.15. The van der Waals surface area contributed by atoms with E-state index in [1.165, 1.54) is 21.4 Å². The van der Waals surface area contributed by atoms with Crippen LogP contribution in [0.5, 0.6) is 0 Å². The van der Waals surface area contributed by atoms with Crippen LogP contribution in [-0.2, 0) is 11.3 Å². The number of aliphatic hydroxyl groups is 2. The van der Waals surface area contributed by atoms with E-state index in [-0.39, 0.29) is 36.0 Å². The summed E-state index contributed by atoms with van der Waals surface area (Å²) in [4.78, 5) is 33.1. The number of anilines is 1. The molecule has 0 aromatic carbocycles. The monoisotopic (exact) mass is 407 g/mol. The zero-order chi connectivity index (χ0) is 20.0. The van der Waals surface area contributed by atoms with Crippen molar-refractivity contribution in [1.29, 1.82) is 0 Å². The number of aromatic carboxylic acids is 1. The van der Waals surface area contributed by atoms with Gasteiger partial charge in [-0.3, -0.25) is 4.57 Å². The molecule has 11 nitrogen and oxygen atoms in total. The van der Waals surface area contributed by atoms with Gasteiger partial charge in [0.15, 0.2) is 11.9 Å². The number of aliphatic hydroxyl groups excluding tert-OH is 2. The van der Waals surface area contributed by atoms with E-state index in [9.17, 15) is 19.8 Å². The number of carbonyl (C=O) groups is 1. The zero-order valence-electron chi connectivity index (χ0n) is 14.4. The maximum atomic E-state index is 13.1. The molecule has 0 saturated carbocycles. The van der Waals surface area contributed by atoms with Crippen LogP contribution in [-0.4, -0.2) is 59.2 Å². The molecule has 4 heterocycles. The summed E-state index contributed by atoms with van der Waals surface area (Å²) in [5.74, 6) is -1.09. The van der Waals surface area contributed by atoms with Crippen molar-refractivity contribution in [3.63, 3.8) is 0 Å². The second kappa shape index (κ2) is 6.98. The number of carboxylic acid groups (broad SMARTS) is 1. The van der Waals surface area contributed by atoms with Crippen LogP contribution < -0.4 is 11.4 Å². The number of rotatable bonds is 5. The molecule has 28 heavy (non-hydrogen) atoms. The first-order chi connectivity index (χ1) is 13.4. The molecule has 0 spiro atoms. The van der Waals surface area contributed by atoms with Gasteiger partial charge in [0.1, 0.15) is 16.5 Å². The molecule has 1 saturated heterocycles. The summed E-state index contributed by atoms with van der Waals surface area (Å²) in [6.07, 6.45) is -1.06. The number of imidazole rings is 1. The number of fused-ring (bicyclic) bond motifs is 1. The molecular weight excluding hydrogens is 390 g/mol. The molecule has 0 amide bonds. The smallest absolute Gasteiger partial charge is 0.345 e. The molecule has 0 aliphatic carbocycles. The second-order valence-electron chi connectivity index (χ2n) is 6.38. The van der Waals surface area contributed by atoms with Gasteiger partial charge in [-0.2, -0.15) is 4.98 Å². The van der Waals surface area contributed by atoms with Crippen LogP contribution in [0.3, 0.4) is 0 Å². The first-order valence-corrected chi connectivity index (χ1v) is 9.20. The largest absolute Gasteiger partial charge is 0.477 e. The van der Waals surface area contributed by atoms with Gasteiger partial charge in [-0.1, -0.05) is 0 Å². The van der Waals surface area contributed by atoms with Crippen LogP contribution in [0.1, 0.15) is 27.2 Å². The Bertz CT molecular complexity index is 1100. The first kappa shape index (κ1) is 18.6. The molecule has 4 rings (SSSR count). The second-order valence-corrected chi connectivity index (χ2v) is 7.55. The van der Waals surface area contributed by atoms with Crippen molar-refractivity contribution in [2.24, 2.45) is 0 Å². The molecule has 12 heteroatoms. The number of aromatic nitrogens is 4. The summed E-state index contributed by atoms with van der Waals surface area (Å²) in [5.41, 5.74) is 5.72. The van der Waals surface area contributed by atoms with Gasteiger partial charge in [-0.05, 0) is 12.1 Å². The van der Waals surface area contributed by atoms with Crippen LogP contribution in [0.2, 0.25) is 0 Å². The Hall–Kier alpha value is -2.80. The van der Waals surface area contributed by atoms with Gasteiger partial charge in [-0.15, -0.1) is 11.3 Å². The highest BCUT2D eigenvalue weighted by Crippen LogP contribution is 2.30. The molecule has 1 aliphatic rings. The molecule has 3 aromatic rings. The third-order valence-corrected chi connectivity index (χ3v) is 5.59. The lowest BCUT2D eigenvalue weighted by Crippen LogP contribution is -2.32. The molecule has 0 unspecified atom stereocenters. The summed E-state index contributed by atoms with van der Waals surface area (Å²) in [6, 6.07) is 3.10. The predicted molar refractivity (Wildman–Crippen MR) is 98.2 cm³/mol. The number of thiophene rings is 1. The number of nitrogens with two attached hydrogens (primary N) is 1. The van der Waals surface area contributed by atoms with Crippen molar-refractivity contribution in [1.82, 2.24) is 19.1 Å². The van der Waals surface area contributed by atoms with Crippen LogP contribution >= 0.6 is 11.3 Å². The predicted octanol–water partition coefficient (Wildman–Crippen LogP) is -0.376. The Labute approximate surface area is 161 Å². The average Bonchev–Trinajstić information content (AvgIpc) is 3.33. The summed E-state index contributed by atoms with van der Waals surface area (Å²) in [5, 5.41) is 28.7. The lowest BCUT2D eigenvalue weighted by molar-refractivity contribution is -0.0505. The van der Waals surface area contributed by atoms with Crippen molar-refractivity contribution in [2.75, 3.05) is 12.3 Å². The fourth-order valence-corrected chi connectivity index (χ4v) is 4.10. The Morgan fingerprint density at radius 3 is 2.86 bits per heavy atom. The Balaban J connectivity index is 1.82. The average molecular weight is 407 g/mol. The SMILES string of the molecule is Nc1ncc2c(n1)n([C@@H]1O[C@H](CO)C[C@H]1O)c(=O)n2Cc1ccc(C(=O)O)s1. The molecular formula is C16H17N5O6S. The molecule has 5 N–H and O–H groups in total. The maximum absolute atomic E-state index is 13.1. The molecule has 1 aliphatic heterocycles. The van der Waals surface area contributed by atoms with Gasteiger partial charge in [0.2, 0.25) is 5.95 Å². The number of nitrogens with zero attached hydrogens (tertiary/aromatic N) is 4. The molecule has 1 fully saturated rings. The van der Waals surface area contributed by atoms with Gasteiger partial charge in [0, 0.05) is 11.3 Å². The van der Waals surface area contributed by atoms with E-state index in [2.05, 4.69) is 9.97 Å². The van der Waals surface area contributed by atoms with Gasteiger partial charge in [-0.25, -0.2) is 19.1 Å². The fraction of sp³-hybridized carbons (Fsp3) is 0.375. The normalized spacial score (nSPS) is 22.1. The fourth-order valence-electron chi connectivity index (χ4n) is 3.27. The standard InChI is InChI=1S/C16H17N5O6S/c17-15-18-4-9-12(19-15)21(13-10(23)3-7(6-22)27-13)16(26)20(9)5-8-1-2-11(28-8)14(24)25/h1-2,4,7,10,13,22-23H,3,5-6H2,(H,24,25)(H2,17,18,19)/t7-,10+,13+/m0/s1. The van der Waals surface area contributed by atoms with Crippen LogP contribution in [0.15, 0.2) is 23.1 Å². The highest BCUT2D eigenvalue weighted by Gasteiger charge is 2.37. The molecule has 0 bridgehead atoms. The lowest BCUT2D eigenvalue weighted by atomic mass is 10.2. The van der Waals surface area contributed by atoms with E-state index in [4.69, 9.17) is 15.6 Å². The number of hydrogen-bond donors (Lipinski definition) is 4. The summed E-state index contributed by atoms with van der Waals surface area (Å²) >= 11 is 1.05. The highest BCUT2D eigenvalue weighted by molar-refractivity contribution is 7.13. The third kappa shape index (κ3) is 3.05. The van der Waals surface area contributed by atoms with E-state index in [1.807, 2.05) is 0 Å². The number of hydrogen-bond acceptors (Lipinski definition) is 9. The van der Waals surface area contributed by atoms with Gasteiger partial charge < -0.3 is 25.8 Å². The summed E-state index contributed by atoms with van der Waals surface area (Å²) < 4.78 is 8.17. The molecule has 0 radical (unpaired) electrons. The Morgan fingerprint density at radius 1 is 1.43 bits per heavy atom. The quantitative estimate of drug-likeness (QED) is 0.441. The number of carboxylic acids is 1. The summed E-state index contributed by atoms with van der Waals surface area (Å²) in [6.45, 7) is -0.189. The van der Waals surface area contributed by atoms with E-state index in [0.29, 0.717) is 10.4 Å². The number of nitrogen functional groups attached to an aromatic ring is 1. The van der Waals surface area contributed by atoms with Crippen LogP contribution in [0.25, 0.3) is 11.2 Å². The summed E-state index contributed by atoms with van der Waals surface area (Å²) in [7, 11) is 0. The topological polar surface area (TPSA) is 166 Å². The van der Waals surface area contributed by atoms with Gasteiger partial charge >= 0.3 is 11.7 Å². The van der Waals surface area contributed by atoms with Crippen LogP contribution in [0.4, 0.5) is 5.95 Å². The first-order valence-electron chi connectivity index (χ1n) is 8.38. The van der Waals surface area contributed by atoms with Crippen LogP contribution in [0, 0.1) is 0 Å². The van der Waals surface area contributed by atoms with E-state index < -0.39 is 30.1 Å². The van der Waals surface area contributed by atoms with E-state index >= 15 is 0 Å². The maximum Gasteiger partial charge on any atom is 0.345 e. The van der Waals surface area contributed by atoms with Crippen molar-refractivity contribution in [3.05, 3.63) is 38.6 Å². The highest BCUT2D eigenvalue weighted by atomic mass is 32.1. The van der Waals surface area contributed by atoms with Crippen molar-refractivity contribution in [2.45, 2.75) is 31.4 Å². The minimum atomic E-state index is -1.04. The molecule has 3 aromatic heterocycles. The van der Waals surface area contributed by atoms with Crippen molar-refractivity contribution in [3.8, 4) is 0 Å². The Morgan fingerprint density at radius 2 is 2.21 bits per heavy atom. The van der Waals surface area contributed by atoms with Gasteiger partial charge in [0.05, 0.1) is 25.5 Å².